The largest absolute Gasteiger partial charge is 0.242 e. The molecule has 11 heavy (non-hydrogen) atoms. The van der Waals surface area contributed by atoms with Crippen LogP contribution in [0.1, 0.15) is 12.5 Å². The predicted octanol–water partition coefficient (Wildman–Crippen LogP) is 2.01. The molecule has 0 atom stereocenters. The van der Waals surface area contributed by atoms with Crippen molar-refractivity contribution in [1.29, 1.82) is 0 Å². The summed E-state index contributed by atoms with van der Waals surface area (Å²) in [4.78, 5) is 4.14. The monoisotopic (exact) mass is 149 g/mol. The maximum absolute atomic E-state index is 4.14. The fourth-order valence-electron chi connectivity index (χ4n) is 0.859. The highest BCUT2D eigenvalue weighted by Crippen LogP contribution is 2.16. The summed E-state index contributed by atoms with van der Waals surface area (Å²) in [7, 11) is 0. The van der Waals surface area contributed by atoms with Gasteiger partial charge >= 0.3 is 0 Å². The first-order chi connectivity index (χ1) is 5.29. The van der Waals surface area contributed by atoms with Gasteiger partial charge in [-0.05, 0) is 13.8 Å². The Balaban J connectivity index is 3.17. The third-order valence-electron chi connectivity index (χ3n) is 1.37. The molecule has 0 amide bonds. The predicted molar refractivity (Wildman–Crippen MR) is 47.2 cm³/mol. The van der Waals surface area contributed by atoms with Crippen LogP contribution in [-0.4, -0.2) is 16.0 Å². The van der Waals surface area contributed by atoms with Gasteiger partial charge in [0.1, 0.15) is 0 Å². The van der Waals surface area contributed by atoms with Gasteiger partial charge in [0.2, 0.25) is 0 Å². The summed E-state index contributed by atoms with van der Waals surface area (Å²) < 4.78 is 1.65. The molecule has 0 fully saturated rings. The van der Waals surface area contributed by atoms with Crippen molar-refractivity contribution >= 4 is 18.2 Å². The Bertz CT molecular complexity index is 284. The summed E-state index contributed by atoms with van der Waals surface area (Å²) in [5.74, 6) is 0.850. The Kier molecular flexibility index (Phi) is 2.21. The van der Waals surface area contributed by atoms with Crippen molar-refractivity contribution in [1.82, 2.24) is 9.78 Å². The number of aromatic nitrogens is 2. The summed E-state index contributed by atoms with van der Waals surface area (Å²) in [6.07, 6.45) is 5.14. The summed E-state index contributed by atoms with van der Waals surface area (Å²) in [5.41, 5.74) is 1.06. The zero-order chi connectivity index (χ0) is 8.27. The number of aryl methyl sites for hydroxylation is 1. The van der Waals surface area contributed by atoms with E-state index in [1.807, 2.05) is 13.8 Å². The molecule has 0 aliphatic carbocycles. The second-order valence-corrected chi connectivity index (χ2v) is 2.17. The van der Waals surface area contributed by atoms with E-state index < -0.39 is 0 Å². The summed E-state index contributed by atoms with van der Waals surface area (Å²) in [5, 5.41) is 4.04. The van der Waals surface area contributed by atoms with Gasteiger partial charge in [0.05, 0.1) is 6.20 Å². The van der Waals surface area contributed by atoms with Crippen LogP contribution < -0.4 is 0 Å². The van der Waals surface area contributed by atoms with Crippen molar-refractivity contribution in [3.63, 3.8) is 0 Å². The average molecular weight is 149 g/mol. The zero-order valence-corrected chi connectivity index (χ0v) is 6.78. The lowest BCUT2D eigenvalue weighted by molar-refractivity contribution is 0.935. The van der Waals surface area contributed by atoms with Crippen molar-refractivity contribution in [3.8, 4) is 0 Å². The molecule has 0 bridgehead atoms. The van der Waals surface area contributed by atoms with Gasteiger partial charge in [0.25, 0.3) is 0 Å². The van der Waals surface area contributed by atoms with Crippen LogP contribution in [0, 0.1) is 6.92 Å². The van der Waals surface area contributed by atoms with Crippen LogP contribution in [0.2, 0.25) is 0 Å². The Labute approximate surface area is 66.1 Å². The fourth-order valence-corrected chi connectivity index (χ4v) is 0.859. The molecule has 0 radical (unpaired) electrons. The van der Waals surface area contributed by atoms with Crippen molar-refractivity contribution in [2.75, 3.05) is 0 Å². The molecule has 0 unspecified atom stereocenters. The third-order valence-corrected chi connectivity index (χ3v) is 1.37. The topological polar surface area (TPSA) is 30.2 Å². The third kappa shape index (κ3) is 1.37. The maximum atomic E-state index is 4.14. The molecule has 1 rings (SSSR count). The van der Waals surface area contributed by atoms with Gasteiger partial charge in [0, 0.05) is 18.0 Å². The first kappa shape index (κ1) is 7.72. The molecule has 0 aliphatic rings. The van der Waals surface area contributed by atoms with E-state index >= 15 is 0 Å². The van der Waals surface area contributed by atoms with E-state index in [2.05, 4.69) is 16.7 Å². The van der Waals surface area contributed by atoms with E-state index in [0.717, 1.165) is 11.4 Å². The molecule has 58 valence electrons. The van der Waals surface area contributed by atoms with E-state index in [4.69, 9.17) is 0 Å². The molecular weight excluding hydrogens is 138 g/mol. The maximum Gasteiger partial charge on any atom is 0.157 e. The summed E-state index contributed by atoms with van der Waals surface area (Å²) >= 11 is 0. The Morgan fingerprint density at radius 2 is 2.45 bits per heavy atom. The standard InChI is InChI=1S/C8H11N3/c1-4-9-8-7(3)6-10-11(8)5-2/h4-6H,2H2,1,3H3/b9-4-. The van der Waals surface area contributed by atoms with E-state index in [9.17, 15) is 0 Å². The Morgan fingerprint density at radius 1 is 1.73 bits per heavy atom. The second-order valence-electron chi connectivity index (χ2n) is 2.17. The first-order valence-corrected chi connectivity index (χ1v) is 3.45. The lowest BCUT2D eigenvalue weighted by Crippen LogP contribution is -1.85. The van der Waals surface area contributed by atoms with Crippen molar-refractivity contribution in [2.45, 2.75) is 13.8 Å². The Hall–Kier alpha value is -1.38. The molecule has 0 aliphatic heterocycles. The molecule has 3 heteroatoms. The SMILES string of the molecule is C=Cn1ncc(C)c1/N=C\C. The van der Waals surface area contributed by atoms with Crippen LogP contribution in [0.25, 0.3) is 6.20 Å². The van der Waals surface area contributed by atoms with Gasteiger partial charge in [-0.1, -0.05) is 6.58 Å². The first-order valence-electron chi connectivity index (χ1n) is 3.45. The van der Waals surface area contributed by atoms with Gasteiger partial charge in [-0.25, -0.2) is 9.67 Å². The smallest absolute Gasteiger partial charge is 0.157 e. The Morgan fingerprint density at radius 3 is 3.00 bits per heavy atom. The second kappa shape index (κ2) is 3.14. The molecule has 1 aromatic heterocycles. The molecule has 0 aromatic carbocycles. The quantitative estimate of drug-likeness (QED) is 0.591. The van der Waals surface area contributed by atoms with Crippen LogP contribution in [0.4, 0.5) is 5.82 Å². The molecule has 0 N–H and O–H groups in total. The molecule has 0 saturated heterocycles. The molecule has 1 aromatic rings. The van der Waals surface area contributed by atoms with E-state index in [-0.39, 0.29) is 0 Å². The fraction of sp³-hybridized carbons (Fsp3) is 0.250. The van der Waals surface area contributed by atoms with E-state index in [0.29, 0.717) is 0 Å². The highest BCUT2D eigenvalue weighted by molar-refractivity contribution is 5.61. The van der Waals surface area contributed by atoms with Crippen LogP contribution >= 0.6 is 0 Å². The highest BCUT2D eigenvalue weighted by Gasteiger charge is 2.00. The van der Waals surface area contributed by atoms with Gasteiger partial charge in [-0.15, -0.1) is 0 Å². The molecule has 0 spiro atoms. The minimum absolute atomic E-state index is 0.850. The van der Waals surface area contributed by atoms with Gasteiger partial charge < -0.3 is 0 Å². The molecule has 1 heterocycles. The van der Waals surface area contributed by atoms with Crippen molar-refractivity contribution < 1.29 is 0 Å². The number of hydrogen-bond acceptors (Lipinski definition) is 2. The summed E-state index contributed by atoms with van der Waals surface area (Å²) in [6.45, 7) is 7.46. The number of rotatable bonds is 2. The highest BCUT2D eigenvalue weighted by atomic mass is 15.3. The van der Waals surface area contributed by atoms with Gasteiger partial charge in [0.15, 0.2) is 5.82 Å². The van der Waals surface area contributed by atoms with Crippen LogP contribution in [0.5, 0.6) is 0 Å². The normalized spacial score (nSPS) is 10.7. The number of nitrogens with zero attached hydrogens (tertiary/aromatic N) is 3. The average Bonchev–Trinajstić information content (AvgIpc) is 2.34. The minimum Gasteiger partial charge on any atom is -0.242 e. The van der Waals surface area contributed by atoms with E-state index in [1.54, 1.807) is 23.3 Å². The lowest BCUT2D eigenvalue weighted by Gasteiger charge is -1.94. The number of aliphatic imine (C=N–C) groups is 1. The van der Waals surface area contributed by atoms with Crippen molar-refractivity contribution in [3.05, 3.63) is 18.3 Å². The molecular formula is C8H11N3. The van der Waals surface area contributed by atoms with E-state index in [1.165, 1.54) is 0 Å². The van der Waals surface area contributed by atoms with Crippen LogP contribution in [0.15, 0.2) is 17.8 Å². The van der Waals surface area contributed by atoms with Crippen LogP contribution in [0.3, 0.4) is 0 Å². The van der Waals surface area contributed by atoms with Gasteiger partial charge in [-0.2, -0.15) is 5.10 Å². The van der Waals surface area contributed by atoms with Crippen molar-refractivity contribution in [2.24, 2.45) is 4.99 Å². The summed E-state index contributed by atoms with van der Waals surface area (Å²) in [6, 6.07) is 0. The lowest BCUT2D eigenvalue weighted by atomic mass is 10.4. The molecule has 0 saturated carbocycles. The minimum atomic E-state index is 0.850. The zero-order valence-electron chi connectivity index (χ0n) is 6.78. The molecule has 3 nitrogen and oxygen atoms in total. The van der Waals surface area contributed by atoms with Crippen LogP contribution in [-0.2, 0) is 0 Å². The van der Waals surface area contributed by atoms with Gasteiger partial charge in [-0.3, -0.25) is 0 Å². The number of hydrogen-bond donors (Lipinski definition) is 0.